The molecule has 0 heterocycles. The first-order valence-corrected chi connectivity index (χ1v) is 8.25. The number of hydrogen-bond acceptors (Lipinski definition) is 3. The minimum absolute atomic E-state index is 0.0341. The van der Waals surface area contributed by atoms with E-state index in [-0.39, 0.29) is 16.9 Å². The molecule has 1 aliphatic carbocycles. The Kier molecular flexibility index (Phi) is 6.86. The number of nitrogens with zero attached hydrogens (tertiary/aromatic N) is 1. The molecule has 5 heteroatoms. The third-order valence-electron chi connectivity index (χ3n) is 3.46. The molecule has 1 saturated carbocycles. The zero-order valence-electron chi connectivity index (χ0n) is 11.8. The lowest BCUT2D eigenvalue weighted by Crippen LogP contribution is -2.46. The molecule has 3 unspecified atom stereocenters. The smallest absolute Gasteiger partial charge is 0.234 e. The van der Waals surface area contributed by atoms with Crippen LogP contribution in [0.1, 0.15) is 39.0 Å². The number of amides is 1. The average molecular weight is 274 g/mol. The SMILES string of the molecule is CCCNC1CCCCC1S(=O)CC(=O)N(C)C. The minimum atomic E-state index is -1.04. The second-order valence-electron chi connectivity index (χ2n) is 5.20. The number of rotatable bonds is 6. The maximum Gasteiger partial charge on any atom is 0.234 e. The van der Waals surface area contributed by atoms with Crippen LogP contribution in [-0.2, 0) is 15.6 Å². The first-order valence-electron chi connectivity index (χ1n) is 6.87. The van der Waals surface area contributed by atoms with Crippen molar-refractivity contribution in [3.63, 3.8) is 0 Å². The van der Waals surface area contributed by atoms with Gasteiger partial charge in [0.15, 0.2) is 0 Å². The highest BCUT2D eigenvalue weighted by atomic mass is 32.2. The van der Waals surface area contributed by atoms with Gasteiger partial charge >= 0.3 is 0 Å². The van der Waals surface area contributed by atoms with Gasteiger partial charge in [-0.05, 0) is 25.8 Å². The Bertz CT molecular complexity index is 295. The lowest BCUT2D eigenvalue weighted by atomic mass is 9.95. The van der Waals surface area contributed by atoms with E-state index >= 15 is 0 Å². The summed E-state index contributed by atoms with van der Waals surface area (Å²) in [4.78, 5) is 13.2. The molecule has 0 aromatic rings. The summed E-state index contributed by atoms with van der Waals surface area (Å²) in [6, 6.07) is 0.328. The van der Waals surface area contributed by atoms with Crippen LogP contribution in [0.15, 0.2) is 0 Å². The van der Waals surface area contributed by atoms with Crippen molar-refractivity contribution in [3.8, 4) is 0 Å². The molecule has 0 radical (unpaired) electrons. The molecule has 0 bridgehead atoms. The third-order valence-corrected chi connectivity index (χ3v) is 5.23. The molecular weight excluding hydrogens is 248 g/mol. The van der Waals surface area contributed by atoms with Crippen molar-refractivity contribution in [2.24, 2.45) is 0 Å². The molecule has 18 heavy (non-hydrogen) atoms. The van der Waals surface area contributed by atoms with E-state index in [1.165, 1.54) is 11.3 Å². The van der Waals surface area contributed by atoms with Gasteiger partial charge in [0, 0.05) is 30.9 Å². The van der Waals surface area contributed by atoms with Crippen LogP contribution >= 0.6 is 0 Å². The maximum absolute atomic E-state index is 12.3. The molecular formula is C13H26N2O2S. The van der Waals surface area contributed by atoms with E-state index in [4.69, 9.17) is 0 Å². The van der Waals surface area contributed by atoms with E-state index in [2.05, 4.69) is 12.2 Å². The minimum Gasteiger partial charge on any atom is -0.348 e. The van der Waals surface area contributed by atoms with Gasteiger partial charge in [-0.15, -0.1) is 0 Å². The van der Waals surface area contributed by atoms with Crippen LogP contribution in [-0.4, -0.2) is 52.7 Å². The van der Waals surface area contributed by atoms with Crippen molar-refractivity contribution < 1.29 is 9.00 Å². The van der Waals surface area contributed by atoms with Gasteiger partial charge in [-0.25, -0.2) is 0 Å². The normalized spacial score (nSPS) is 25.7. The lowest BCUT2D eigenvalue weighted by Gasteiger charge is -2.31. The fourth-order valence-corrected chi connectivity index (χ4v) is 4.08. The third kappa shape index (κ3) is 4.69. The topological polar surface area (TPSA) is 49.4 Å². The van der Waals surface area contributed by atoms with Crippen molar-refractivity contribution in [2.45, 2.75) is 50.3 Å². The molecule has 0 aromatic carbocycles. The second kappa shape index (κ2) is 7.89. The molecule has 0 aromatic heterocycles. The van der Waals surface area contributed by atoms with E-state index in [9.17, 15) is 9.00 Å². The van der Waals surface area contributed by atoms with E-state index in [0.29, 0.717) is 6.04 Å². The van der Waals surface area contributed by atoms with Gasteiger partial charge in [0.1, 0.15) is 5.75 Å². The molecule has 1 N–H and O–H groups in total. The summed E-state index contributed by atoms with van der Waals surface area (Å²) in [5, 5.41) is 3.63. The van der Waals surface area contributed by atoms with Gasteiger partial charge in [-0.2, -0.15) is 0 Å². The highest BCUT2D eigenvalue weighted by molar-refractivity contribution is 7.86. The predicted molar refractivity (Wildman–Crippen MR) is 76.0 cm³/mol. The predicted octanol–water partition coefficient (Wildman–Crippen LogP) is 1.13. The Morgan fingerprint density at radius 2 is 2.00 bits per heavy atom. The van der Waals surface area contributed by atoms with Crippen molar-refractivity contribution in [1.82, 2.24) is 10.2 Å². The fourth-order valence-electron chi connectivity index (χ4n) is 2.33. The Morgan fingerprint density at radius 1 is 1.33 bits per heavy atom. The van der Waals surface area contributed by atoms with Gasteiger partial charge < -0.3 is 10.2 Å². The van der Waals surface area contributed by atoms with Crippen LogP contribution in [0.2, 0.25) is 0 Å². The number of carbonyl (C=O) groups is 1. The monoisotopic (exact) mass is 274 g/mol. The molecule has 1 fully saturated rings. The van der Waals surface area contributed by atoms with Crippen molar-refractivity contribution >= 4 is 16.7 Å². The molecule has 106 valence electrons. The zero-order chi connectivity index (χ0) is 13.5. The largest absolute Gasteiger partial charge is 0.348 e. The molecule has 0 saturated heterocycles. The maximum atomic E-state index is 12.3. The lowest BCUT2D eigenvalue weighted by molar-refractivity contribution is -0.125. The number of hydrogen-bond donors (Lipinski definition) is 1. The van der Waals surface area contributed by atoms with Gasteiger partial charge in [0.2, 0.25) is 5.91 Å². The molecule has 0 spiro atoms. The van der Waals surface area contributed by atoms with Crippen molar-refractivity contribution in [1.29, 1.82) is 0 Å². The summed E-state index contributed by atoms with van der Waals surface area (Å²) < 4.78 is 12.3. The first kappa shape index (κ1) is 15.6. The van der Waals surface area contributed by atoms with E-state index in [1.54, 1.807) is 14.1 Å². The van der Waals surface area contributed by atoms with Crippen LogP contribution < -0.4 is 5.32 Å². The quantitative estimate of drug-likeness (QED) is 0.790. The Balaban J connectivity index is 2.54. The van der Waals surface area contributed by atoms with Gasteiger partial charge in [-0.3, -0.25) is 9.00 Å². The van der Waals surface area contributed by atoms with E-state index < -0.39 is 10.8 Å². The van der Waals surface area contributed by atoms with Crippen LogP contribution in [0, 0.1) is 0 Å². The van der Waals surface area contributed by atoms with Crippen molar-refractivity contribution in [2.75, 3.05) is 26.4 Å². The van der Waals surface area contributed by atoms with Crippen LogP contribution in [0.4, 0.5) is 0 Å². The molecule has 0 aliphatic heterocycles. The Morgan fingerprint density at radius 3 is 2.61 bits per heavy atom. The van der Waals surface area contributed by atoms with Gasteiger partial charge in [-0.1, -0.05) is 19.8 Å². The summed E-state index contributed by atoms with van der Waals surface area (Å²) in [6.45, 7) is 3.11. The number of nitrogens with one attached hydrogen (secondary N) is 1. The summed E-state index contributed by atoms with van der Waals surface area (Å²) >= 11 is 0. The fraction of sp³-hybridized carbons (Fsp3) is 0.923. The summed E-state index contributed by atoms with van der Waals surface area (Å²) in [5.74, 6) is 0.135. The number of carbonyl (C=O) groups excluding carboxylic acids is 1. The van der Waals surface area contributed by atoms with Crippen LogP contribution in [0.25, 0.3) is 0 Å². The average Bonchev–Trinajstić information content (AvgIpc) is 2.36. The molecule has 1 amide bonds. The molecule has 1 rings (SSSR count). The standard InChI is InChI=1S/C13H26N2O2S/c1-4-9-14-11-7-5-6-8-12(11)18(17)10-13(16)15(2)3/h11-12,14H,4-10H2,1-3H3. The summed E-state index contributed by atoms with van der Waals surface area (Å²) in [7, 11) is 2.39. The highest BCUT2D eigenvalue weighted by Gasteiger charge is 2.30. The Labute approximate surface area is 113 Å². The van der Waals surface area contributed by atoms with Crippen LogP contribution in [0.5, 0.6) is 0 Å². The molecule has 4 nitrogen and oxygen atoms in total. The molecule has 3 atom stereocenters. The Hall–Kier alpha value is -0.420. The summed E-state index contributed by atoms with van der Waals surface area (Å²) in [5.41, 5.74) is 0. The van der Waals surface area contributed by atoms with Crippen LogP contribution in [0.3, 0.4) is 0 Å². The zero-order valence-corrected chi connectivity index (χ0v) is 12.6. The summed E-state index contributed by atoms with van der Waals surface area (Å²) in [6.07, 6.45) is 5.50. The second-order valence-corrected chi connectivity index (χ2v) is 6.85. The van der Waals surface area contributed by atoms with E-state index in [1.807, 2.05) is 0 Å². The van der Waals surface area contributed by atoms with E-state index in [0.717, 1.165) is 32.2 Å². The van der Waals surface area contributed by atoms with Crippen molar-refractivity contribution in [3.05, 3.63) is 0 Å². The molecule has 1 aliphatic rings. The first-order chi connectivity index (χ1) is 8.56. The highest BCUT2D eigenvalue weighted by Crippen LogP contribution is 2.23. The van der Waals surface area contributed by atoms with Gasteiger partial charge in [0.25, 0.3) is 0 Å². The van der Waals surface area contributed by atoms with Gasteiger partial charge in [0.05, 0.1) is 5.25 Å².